The van der Waals surface area contributed by atoms with Gasteiger partial charge in [0.05, 0.1) is 12.2 Å². The second-order valence-corrected chi connectivity index (χ2v) is 7.00. The number of allylic oxidation sites excluding steroid dienone is 1. The molecule has 3 heteroatoms. The molecule has 0 aromatic heterocycles. The second-order valence-electron chi connectivity index (χ2n) is 6.56. The van der Waals surface area contributed by atoms with E-state index < -0.39 is 0 Å². The minimum atomic E-state index is -0.0470. The molecular weight excluding hydrogens is 332 g/mol. The summed E-state index contributed by atoms with van der Waals surface area (Å²) >= 11 is 5.88. The van der Waals surface area contributed by atoms with Crippen LogP contribution in [0.3, 0.4) is 0 Å². The quantitative estimate of drug-likeness (QED) is 0.456. The van der Waals surface area contributed by atoms with Gasteiger partial charge in [-0.2, -0.15) is 0 Å². The van der Waals surface area contributed by atoms with E-state index in [1.165, 1.54) is 32.1 Å². The Kier molecular flexibility index (Phi) is 6.30. The van der Waals surface area contributed by atoms with Crippen LogP contribution in [-0.4, -0.2) is 12.4 Å². The molecule has 3 rings (SSSR count). The van der Waals surface area contributed by atoms with Crippen LogP contribution >= 0.6 is 11.6 Å². The third-order valence-corrected chi connectivity index (χ3v) is 4.90. The van der Waals surface area contributed by atoms with Crippen LogP contribution in [0.25, 0.3) is 6.08 Å². The van der Waals surface area contributed by atoms with E-state index in [0.717, 1.165) is 5.56 Å². The van der Waals surface area contributed by atoms with Gasteiger partial charge in [-0.15, -0.1) is 0 Å². The highest BCUT2D eigenvalue weighted by Gasteiger charge is 2.16. The van der Waals surface area contributed by atoms with Crippen LogP contribution in [0.15, 0.2) is 54.6 Å². The van der Waals surface area contributed by atoms with Crippen LogP contribution in [0.4, 0.5) is 0 Å². The topological polar surface area (TPSA) is 26.3 Å². The fourth-order valence-electron chi connectivity index (χ4n) is 3.19. The third-order valence-electron chi connectivity index (χ3n) is 4.65. The van der Waals surface area contributed by atoms with E-state index in [1.54, 1.807) is 12.2 Å². The van der Waals surface area contributed by atoms with Crippen molar-refractivity contribution in [3.05, 3.63) is 70.8 Å². The van der Waals surface area contributed by atoms with Crippen molar-refractivity contribution < 1.29 is 9.53 Å². The van der Waals surface area contributed by atoms with Gasteiger partial charge in [-0.05, 0) is 54.7 Å². The normalized spacial score (nSPS) is 15.4. The zero-order valence-corrected chi connectivity index (χ0v) is 15.0. The van der Waals surface area contributed by atoms with Crippen LogP contribution < -0.4 is 4.74 Å². The van der Waals surface area contributed by atoms with E-state index in [4.69, 9.17) is 16.3 Å². The smallest absolute Gasteiger partial charge is 0.189 e. The molecule has 0 atom stereocenters. The number of ether oxygens (including phenoxy) is 1. The van der Waals surface area contributed by atoms with Gasteiger partial charge in [0.1, 0.15) is 5.75 Å². The Hall–Kier alpha value is -2.06. The van der Waals surface area contributed by atoms with Gasteiger partial charge in [-0.1, -0.05) is 61.2 Å². The Labute approximate surface area is 154 Å². The Morgan fingerprint density at radius 3 is 2.52 bits per heavy atom. The highest BCUT2D eigenvalue weighted by Crippen LogP contribution is 2.26. The van der Waals surface area contributed by atoms with Crippen molar-refractivity contribution in [3.8, 4) is 5.75 Å². The molecule has 0 amide bonds. The summed E-state index contributed by atoms with van der Waals surface area (Å²) in [5.74, 6) is 1.24. The monoisotopic (exact) mass is 354 g/mol. The number of carbonyl (C=O) groups excluding carboxylic acids is 1. The van der Waals surface area contributed by atoms with Crippen LogP contribution in [0, 0.1) is 5.92 Å². The van der Waals surface area contributed by atoms with Gasteiger partial charge in [-0.25, -0.2) is 0 Å². The van der Waals surface area contributed by atoms with Gasteiger partial charge < -0.3 is 4.74 Å². The SMILES string of the molecule is O=C(/C=C/c1ccc(Cl)cc1)c1ccccc1OCC1CCCCC1. The summed E-state index contributed by atoms with van der Waals surface area (Å²) in [5.41, 5.74) is 1.56. The lowest BCUT2D eigenvalue weighted by atomic mass is 9.90. The van der Waals surface area contributed by atoms with Crippen molar-refractivity contribution in [1.82, 2.24) is 0 Å². The maximum absolute atomic E-state index is 12.6. The standard InChI is InChI=1S/C22H23ClO2/c23-19-13-10-17(11-14-19)12-15-21(24)20-8-4-5-9-22(20)25-16-18-6-2-1-3-7-18/h4-5,8-15,18H,1-3,6-7,16H2/b15-12+. The predicted molar refractivity (Wildman–Crippen MR) is 103 cm³/mol. The summed E-state index contributed by atoms with van der Waals surface area (Å²) in [6.45, 7) is 0.700. The molecule has 0 bridgehead atoms. The fraction of sp³-hybridized carbons (Fsp3) is 0.318. The summed E-state index contributed by atoms with van der Waals surface area (Å²) in [6, 6.07) is 14.9. The zero-order valence-electron chi connectivity index (χ0n) is 14.3. The van der Waals surface area contributed by atoms with Crippen LogP contribution in [0.1, 0.15) is 48.0 Å². The van der Waals surface area contributed by atoms with Crippen molar-refractivity contribution in [2.24, 2.45) is 5.92 Å². The molecule has 1 aliphatic carbocycles. The number of halogens is 1. The van der Waals surface area contributed by atoms with Gasteiger partial charge in [-0.3, -0.25) is 4.79 Å². The second kappa shape index (κ2) is 8.87. The molecule has 2 aromatic rings. The Morgan fingerprint density at radius 1 is 1.04 bits per heavy atom. The van der Waals surface area contributed by atoms with E-state index in [0.29, 0.717) is 28.9 Å². The van der Waals surface area contributed by atoms with Crippen LogP contribution in [-0.2, 0) is 0 Å². The molecule has 0 saturated heterocycles. The number of benzene rings is 2. The molecule has 1 aliphatic rings. The van der Waals surface area contributed by atoms with Crippen LogP contribution in [0.5, 0.6) is 5.75 Å². The van der Waals surface area contributed by atoms with Crippen LogP contribution in [0.2, 0.25) is 5.02 Å². The third kappa shape index (κ3) is 5.20. The van der Waals surface area contributed by atoms with Crippen molar-refractivity contribution >= 4 is 23.5 Å². The predicted octanol–water partition coefficient (Wildman–Crippen LogP) is 6.20. The molecule has 130 valence electrons. The first-order valence-electron chi connectivity index (χ1n) is 8.92. The molecule has 1 fully saturated rings. The van der Waals surface area contributed by atoms with E-state index >= 15 is 0 Å². The van der Waals surface area contributed by atoms with Crippen molar-refractivity contribution in [1.29, 1.82) is 0 Å². The molecule has 25 heavy (non-hydrogen) atoms. The number of ketones is 1. The minimum absolute atomic E-state index is 0.0470. The van der Waals surface area contributed by atoms with Gasteiger partial charge in [0, 0.05) is 5.02 Å². The van der Waals surface area contributed by atoms with E-state index in [9.17, 15) is 4.79 Å². The van der Waals surface area contributed by atoms with E-state index in [1.807, 2.05) is 48.5 Å². The maximum Gasteiger partial charge on any atom is 0.189 e. The number of rotatable bonds is 6. The summed E-state index contributed by atoms with van der Waals surface area (Å²) in [7, 11) is 0. The van der Waals surface area contributed by atoms with Gasteiger partial charge >= 0.3 is 0 Å². The zero-order chi connectivity index (χ0) is 17.5. The molecule has 0 aliphatic heterocycles. The van der Waals surface area contributed by atoms with Crippen molar-refractivity contribution in [3.63, 3.8) is 0 Å². The molecule has 2 nitrogen and oxygen atoms in total. The highest BCUT2D eigenvalue weighted by molar-refractivity contribution is 6.30. The first-order chi connectivity index (χ1) is 12.2. The molecule has 0 spiro atoms. The largest absolute Gasteiger partial charge is 0.493 e. The Bertz CT molecular complexity index is 728. The molecular formula is C22H23ClO2. The minimum Gasteiger partial charge on any atom is -0.493 e. The van der Waals surface area contributed by atoms with Gasteiger partial charge in [0.2, 0.25) is 0 Å². The summed E-state index contributed by atoms with van der Waals surface area (Å²) in [4.78, 5) is 12.6. The van der Waals surface area contributed by atoms with Gasteiger partial charge in [0.15, 0.2) is 5.78 Å². The molecule has 0 heterocycles. The lowest BCUT2D eigenvalue weighted by Crippen LogP contribution is -2.16. The summed E-state index contributed by atoms with van der Waals surface area (Å²) in [5, 5.41) is 0.685. The average Bonchev–Trinajstić information content (AvgIpc) is 2.67. The Morgan fingerprint density at radius 2 is 1.76 bits per heavy atom. The maximum atomic E-state index is 12.6. The lowest BCUT2D eigenvalue weighted by Gasteiger charge is -2.22. The van der Waals surface area contributed by atoms with Crippen molar-refractivity contribution in [2.75, 3.05) is 6.61 Å². The number of hydrogen-bond donors (Lipinski definition) is 0. The Balaban J connectivity index is 1.66. The molecule has 0 unspecified atom stereocenters. The number of hydrogen-bond acceptors (Lipinski definition) is 2. The molecule has 2 aromatic carbocycles. The van der Waals surface area contributed by atoms with E-state index in [2.05, 4.69) is 0 Å². The number of para-hydroxylation sites is 1. The first kappa shape index (κ1) is 17.8. The lowest BCUT2D eigenvalue weighted by molar-refractivity contribution is 0.104. The average molecular weight is 355 g/mol. The molecule has 0 radical (unpaired) electrons. The fourth-order valence-corrected chi connectivity index (χ4v) is 3.32. The van der Waals surface area contributed by atoms with E-state index in [-0.39, 0.29) is 5.78 Å². The first-order valence-corrected chi connectivity index (χ1v) is 9.30. The van der Waals surface area contributed by atoms with Gasteiger partial charge in [0.25, 0.3) is 0 Å². The summed E-state index contributed by atoms with van der Waals surface area (Å²) < 4.78 is 5.99. The highest BCUT2D eigenvalue weighted by atomic mass is 35.5. The summed E-state index contributed by atoms with van der Waals surface area (Å²) in [6.07, 6.45) is 9.76. The molecule has 1 saturated carbocycles. The van der Waals surface area contributed by atoms with Crippen molar-refractivity contribution in [2.45, 2.75) is 32.1 Å². The molecule has 0 N–H and O–H groups in total. The number of carbonyl (C=O) groups is 1.